The summed E-state index contributed by atoms with van der Waals surface area (Å²) in [6, 6.07) is 0. The normalized spacial score (nSPS) is 22.3. The van der Waals surface area contributed by atoms with E-state index in [2.05, 4.69) is 18.8 Å². The van der Waals surface area contributed by atoms with Crippen LogP contribution in [0.2, 0.25) is 0 Å². The number of hydrogen-bond donors (Lipinski definition) is 0. The van der Waals surface area contributed by atoms with Crippen LogP contribution in [0.1, 0.15) is 61.1 Å². The van der Waals surface area contributed by atoms with Crippen LogP contribution in [0.25, 0.3) is 0 Å². The van der Waals surface area contributed by atoms with Gasteiger partial charge in [0.15, 0.2) is 0 Å². The maximum absolute atomic E-state index is 12.9. The zero-order chi connectivity index (χ0) is 19.4. The molecule has 27 heavy (non-hydrogen) atoms. The van der Waals surface area contributed by atoms with E-state index in [-0.39, 0.29) is 23.1 Å². The molecule has 6 nitrogen and oxygen atoms in total. The summed E-state index contributed by atoms with van der Waals surface area (Å²) in [5.41, 5.74) is -0.783. The van der Waals surface area contributed by atoms with E-state index in [1.165, 1.54) is 24.2 Å². The van der Waals surface area contributed by atoms with Gasteiger partial charge >= 0.3 is 0 Å². The maximum Gasteiger partial charge on any atom is 0.265 e. The molecule has 2 amide bonds. The first-order chi connectivity index (χ1) is 12.7. The number of nitrogens with zero attached hydrogens (tertiary/aromatic N) is 3. The molecule has 1 aromatic heterocycles. The Balaban J connectivity index is 1.38. The highest BCUT2D eigenvalue weighted by Gasteiger charge is 2.52. The molecule has 0 bridgehead atoms. The number of hydrogen-bond acceptors (Lipinski definition) is 5. The fourth-order valence-corrected chi connectivity index (χ4v) is 4.77. The van der Waals surface area contributed by atoms with Crippen molar-refractivity contribution in [1.82, 2.24) is 14.8 Å². The molecule has 0 aromatic carbocycles. The molecular weight excluding hydrogens is 362 g/mol. The van der Waals surface area contributed by atoms with Crippen molar-refractivity contribution in [1.29, 1.82) is 0 Å². The maximum atomic E-state index is 12.9. The van der Waals surface area contributed by atoms with Crippen LogP contribution < -0.4 is 0 Å². The largest absolute Gasteiger partial charge is 0.368 e. The van der Waals surface area contributed by atoms with Crippen LogP contribution in [0.3, 0.4) is 0 Å². The van der Waals surface area contributed by atoms with Crippen LogP contribution >= 0.6 is 11.3 Å². The number of likely N-dealkylation sites (tertiary alicyclic amines) is 1. The highest BCUT2D eigenvalue weighted by atomic mass is 32.1. The SMILES string of the molecule is CC(C)C(C)(C)C(=O)N1CC2(CN(C(=O)c3cnc(C4CC4)s3)CCO2)C1. The van der Waals surface area contributed by atoms with Crippen molar-refractivity contribution in [3.05, 3.63) is 16.1 Å². The number of ether oxygens (including phenoxy) is 1. The average Bonchev–Trinajstić information content (AvgIpc) is 3.35. The molecule has 1 spiro atoms. The molecule has 3 fully saturated rings. The predicted octanol–water partition coefficient (Wildman–Crippen LogP) is 2.76. The monoisotopic (exact) mass is 391 g/mol. The highest BCUT2D eigenvalue weighted by molar-refractivity contribution is 7.13. The van der Waals surface area contributed by atoms with Crippen LogP contribution in [0.4, 0.5) is 0 Å². The lowest BCUT2D eigenvalue weighted by Gasteiger charge is -2.55. The molecule has 1 aliphatic carbocycles. The van der Waals surface area contributed by atoms with Crippen LogP contribution in [-0.4, -0.2) is 65.0 Å². The van der Waals surface area contributed by atoms with Crippen molar-refractivity contribution in [3.63, 3.8) is 0 Å². The van der Waals surface area contributed by atoms with Gasteiger partial charge in [-0.2, -0.15) is 0 Å². The molecule has 4 rings (SSSR count). The van der Waals surface area contributed by atoms with E-state index in [0.717, 1.165) is 9.88 Å². The molecule has 2 saturated heterocycles. The summed E-state index contributed by atoms with van der Waals surface area (Å²) in [7, 11) is 0. The molecule has 0 unspecified atom stereocenters. The van der Waals surface area contributed by atoms with E-state index >= 15 is 0 Å². The van der Waals surface area contributed by atoms with Crippen molar-refractivity contribution in [2.75, 3.05) is 32.8 Å². The summed E-state index contributed by atoms with van der Waals surface area (Å²) in [6.45, 7) is 11.0. The Kier molecular flexibility index (Phi) is 4.58. The van der Waals surface area contributed by atoms with Gasteiger partial charge < -0.3 is 14.5 Å². The third kappa shape index (κ3) is 3.40. The number of carbonyl (C=O) groups is 2. The van der Waals surface area contributed by atoms with Crippen LogP contribution in [-0.2, 0) is 9.53 Å². The summed E-state index contributed by atoms with van der Waals surface area (Å²) >= 11 is 1.54. The van der Waals surface area contributed by atoms with Crippen molar-refractivity contribution in [3.8, 4) is 0 Å². The molecule has 3 heterocycles. The minimum absolute atomic E-state index is 0.0503. The number of thiazole rings is 1. The van der Waals surface area contributed by atoms with E-state index < -0.39 is 5.60 Å². The second-order valence-electron chi connectivity index (χ2n) is 9.13. The summed E-state index contributed by atoms with van der Waals surface area (Å²) in [5, 5.41) is 1.10. The van der Waals surface area contributed by atoms with Gasteiger partial charge in [-0.3, -0.25) is 9.59 Å². The van der Waals surface area contributed by atoms with Crippen molar-refractivity contribution < 1.29 is 14.3 Å². The fraction of sp³-hybridized carbons (Fsp3) is 0.750. The molecule has 0 N–H and O–H groups in total. The second-order valence-corrected chi connectivity index (χ2v) is 10.2. The Hall–Kier alpha value is -1.47. The lowest BCUT2D eigenvalue weighted by atomic mass is 9.78. The van der Waals surface area contributed by atoms with E-state index in [0.29, 0.717) is 38.7 Å². The van der Waals surface area contributed by atoms with Gasteiger partial charge in [0.25, 0.3) is 5.91 Å². The van der Waals surface area contributed by atoms with Gasteiger partial charge in [-0.05, 0) is 18.8 Å². The van der Waals surface area contributed by atoms with E-state index in [1.54, 1.807) is 6.20 Å². The molecule has 0 radical (unpaired) electrons. The molecule has 148 valence electrons. The highest BCUT2D eigenvalue weighted by Crippen LogP contribution is 2.42. The summed E-state index contributed by atoms with van der Waals surface area (Å²) in [6.07, 6.45) is 4.11. The molecule has 1 saturated carbocycles. The number of amides is 2. The smallest absolute Gasteiger partial charge is 0.265 e. The van der Waals surface area contributed by atoms with E-state index in [1.807, 2.05) is 23.6 Å². The zero-order valence-corrected chi connectivity index (χ0v) is 17.5. The number of aromatic nitrogens is 1. The van der Waals surface area contributed by atoms with Gasteiger partial charge in [-0.1, -0.05) is 27.7 Å². The third-order valence-corrected chi connectivity index (χ3v) is 7.58. The van der Waals surface area contributed by atoms with Crippen molar-refractivity contribution >= 4 is 23.2 Å². The quantitative estimate of drug-likeness (QED) is 0.792. The Morgan fingerprint density at radius 3 is 2.56 bits per heavy atom. The Labute approximate surface area is 164 Å². The van der Waals surface area contributed by atoms with Gasteiger partial charge in [-0.25, -0.2) is 4.98 Å². The molecule has 1 aromatic rings. The lowest BCUT2D eigenvalue weighted by Crippen LogP contribution is -2.72. The van der Waals surface area contributed by atoms with Gasteiger partial charge in [0.2, 0.25) is 5.91 Å². The van der Waals surface area contributed by atoms with Gasteiger partial charge in [0.05, 0.1) is 37.4 Å². The number of rotatable bonds is 4. The first kappa shape index (κ1) is 18.9. The summed E-state index contributed by atoms with van der Waals surface area (Å²) in [4.78, 5) is 34.6. The fourth-order valence-electron chi connectivity index (χ4n) is 3.72. The minimum atomic E-state index is -0.402. The molecule has 2 aliphatic heterocycles. The average molecular weight is 392 g/mol. The van der Waals surface area contributed by atoms with Gasteiger partial charge in [0.1, 0.15) is 10.5 Å². The standard InChI is InChI=1S/C20H29N3O3S/c1-13(2)19(3,4)18(25)23-11-20(12-23)10-22(7-8-26-20)17(24)15-9-21-16(27-15)14-5-6-14/h9,13-14H,5-8,10-12H2,1-4H3. The van der Waals surface area contributed by atoms with Crippen LogP contribution in [0, 0.1) is 11.3 Å². The molecular formula is C20H29N3O3S. The summed E-state index contributed by atoms with van der Waals surface area (Å²) in [5.74, 6) is 1.07. The van der Waals surface area contributed by atoms with E-state index in [9.17, 15) is 9.59 Å². The molecule has 3 aliphatic rings. The first-order valence-corrected chi connectivity index (χ1v) is 10.7. The van der Waals surface area contributed by atoms with Gasteiger partial charge in [0, 0.05) is 17.9 Å². The Morgan fingerprint density at radius 1 is 1.26 bits per heavy atom. The van der Waals surface area contributed by atoms with Crippen molar-refractivity contribution in [2.45, 2.75) is 52.1 Å². The topological polar surface area (TPSA) is 62.7 Å². The zero-order valence-electron chi connectivity index (χ0n) is 16.7. The second kappa shape index (κ2) is 6.55. The van der Waals surface area contributed by atoms with E-state index in [4.69, 9.17) is 4.74 Å². The lowest BCUT2D eigenvalue weighted by molar-refractivity contribution is -0.193. The third-order valence-electron chi connectivity index (χ3n) is 6.44. The Bertz CT molecular complexity index is 747. The van der Waals surface area contributed by atoms with Crippen LogP contribution in [0.15, 0.2) is 6.20 Å². The summed E-state index contributed by atoms with van der Waals surface area (Å²) < 4.78 is 6.02. The molecule has 0 atom stereocenters. The molecule has 7 heteroatoms. The van der Waals surface area contributed by atoms with Crippen LogP contribution in [0.5, 0.6) is 0 Å². The minimum Gasteiger partial charge on any atom is -0.368 e. The van der Waals surface area contributed by atoms with Crippen molar-refractivity contribution in [2.24, 2.45) is 11.3 Å². The number of morpholine rings is 1. The first-order valence-electron chi connectivity index (χ1n) is 9.90. The Morgan fingerprint density at radius 2 is 1.93 bits per heavy atom. The van der Waals surface area contributed by atoms with Gasteiger partial charge in [-0.15, -0.1) is 11.3 Å². The predicted molar refractivity (Wildman–Crippen MR) is 104 cm³/mol. The number of carbonyl (C=O) groups excluding carboxylic acids is 2.